The van der Waals surface area contributed by atoms with Gasteiger partial charge in [0.2, 0.25) is 0 Å². The zero-order valence-corrected chi connectivity index (χ0v) is 10.9. The third kappa shape index (κ3) is 14.8. The smallest absolute Gasteiger partial charge is 0.0446 e. The molecule has 0 rings (SSSR count). The Balaban J connectivity index is 0. The van der Waals surface area contributed by atoms with Gasteiger partial charge in [0.05, 0.1) is 0 Å². The first-order valence-electron chi connectivity index (χ1n) is 5.95. The van der Waals surface area contributed by atoms with Crippen molar-refractivity contribution >= 4 is 0 Å². The number of rotatable bonds is 4. The molecule has 0 radical (unpaired) electrons. The summed E-state index contributed by atoms with van der Waals surface area (Å²) >= 11 is 0. The van der Waals surface area contributed by atoms with Crippen molar-refractivity contribution in [2.45, 2.75) is 67.7 Å². The maximum atomic E-state index is 2.31. The van der Waals surface area contributed by atoms with Gasteiger partial charge in [-0.3, -0.25) is 0 Å². The van der Waals surface area contributed by atoms with E-state index in [-0.39, 0.29) is 0 Å². The summed E-state index contributed by atoms with van der Waals surface area (Å²) in [6.45, 7) is 15.8. The van der Waals surface area contributed by atoms with Crippen LogP contribution in [0, 0.1) is 17.8 Å². The zero-order valence-electron chi connectivity index (χ0n) is 10.9. The van der Waals surface area contributed by atoms with E-state index in [9.17, 15) is 0 Å². The highest BCUT2D eigenvalue weighted by molar-refractivity contribution is 4.46. The van der Waals surface area contributed by atoms with E-state index in [4.69, 9.17) is 0 Å². The molecule has 0 saturated carbocycles. The van der Waals surface area contributed by atoms with Gasteiger partial charge in [-0.25, -0.2) is 0 Å². The summed E-state index contributed by atoms with van der Waals surface area (Å²) in [4.78, 5) is 0. The average Bonchev–Trinajstić information content (AvgIpc) is 2.05. The fourth-order valence-corrected chi connectivity index (χ4v) is 0.697. The molecule has 0 heterocycles. The van der Waals surface area contributed by atoms with E-state index in [2.05, 4.69) is 48.5 Å². The van der Waals surface area contributed by atoms with Gasteiger partial charge < -0.3 is 0 Å². The van der Waals surface area contributed by atoms with E-state index in [1.54, 1.807) is 0 Å². The van der Waals surface area contributed by atoms with E-state index in [1.165, 1.54) is 19.3 Å². The first kappa shape index (κ1) is 15.5. The van der Waals surface area contributed by atoms with Crippen LogP contribution in [0.1, 0.15) is 67.7 Å². The van der Waals surface area contributed by atoms with Crippen LogP contribution in [0.15, 0.2) is 0 Å². The second kappa shape index (κ2) is 10.1. The van der Waals surface area contributed by atoms with Crippen LogP contribution in [0.25, 0.3) is 0 Å². The summed E-state index contributed by atoms with van der Waals surface area (Å²) in [5.74, 6) is 2.65. The van der Waals surface area contributed by atoms with Crippen LogP contribution in [0.5, 0.6) is 0 Å². The fraction of sp³-hybridized carbons (Fsp3) is 1.00. The average molecular weight is 186 g/mol. The van der Waals surface area contributed by atoms with E-state index in [0.717, 1.165) is 17.8 Å². The van der Waals surface area contributed by atoms with E-state index in [0.29, 0.717) is 0 Å². The van der Waals surface area contributed by atoms with Crippen LogP contribution in [-0.4, -0.2) is 0 Å². The minimum atomic E-state index is 0.852. The third-order valence-electron chi connectivity index (χ3n) is 2.81. The van der Waals surface area contributed by atoms with Gasteiger partial charge in [-0.2, -0.15) is 0 Å². The van der Waals surface area contributed by atoms with Crippen LogP contribution >= 0.6 is 0 Å². The highest BCUT2D eigenvalue weighted by Gasteiger charge is 1.95. The molecule has 0 nitrogen and oxygen atoms in total. The molecule has 0 aliphatic rings. The summed E-state index contributed by atoms with van der Waals surface area (Å²) in [5.41, 5.74) is 0. The molecule has 0 fully saturated rings. The Hall–Kier alpha value is 0. The highest BCUT2D eigenvalue weighted by Crippen LogP contribution is 2.07. The molecule has 0 aromatic carbocycles. The minimum Gasteiger partial charge on any atom is -0.0654 e. The monoisotopic (exact) mass is 186 g/mol. The van der Waals surface area contributed by atoms with Crippen molar-refractivity contribution in [2.75, 3.05) is 0 Å². The molecule has 0 amide bonds. The predicted octanol–water partition coefficient (Wildman–Crippen LogP) is 5.13. The van der Waals surface area contributed by atoms with Crippen molar-refractivity contribution in [1.82, 2.24) is 0 Å². The molecule has 0 aromatic rings. The van der Waals surface area contributed by atoms with Crippen LogP contribution in [0.2, 0.25) is 0 Å². The van der Waals surface area contributed by atoms with Gasteiger partial charge in [-0.1, -0.05) is 67.7 Å². The van der Waals surface area contributed by atoms with Crippen molar-refractivity contribution < 1.29 is 0 Å². The predicted molar refractivity (Wildman–Crippen MR) is 64.0 cm³/mol. The summed E-state index contributed by atoms with van der Waals surface area (Å²) in [5, 5.41) is 0. The Kier molecular flexibility index (Phi) is 12.0. The quantitative estimate of drug-likeness (QED) is 0.571. The summed E-state index contributed by atoms with van der Waals surface area (Å²) in [6, 6.07) is 0. The first-order valence-corrected chi connectivity index (χ1v) is 5.95. The summed E-state index contributed by atoms with van der Waals surface area (Å²) in [7, 11) is 0. The fourth-order valence-electron chi connectivity index (χ4n) is 0.697. The Morgan fingerprint density at radius 3 is 1.23 bits per heavy atom. The van der Waals surface area contributed by atoms with Gasteiger partial charge >= 0.3 is 0 Å². The molecule has 82 valence electrons. The van der Waals surface area contributed by atoms with Gasteiger partial charge in [-0.05, 0) is 17.8 Å². The van der Waals surface area contributed by atoms with Crippen LogP contribution in [-0.2, 0) is 0 Å². The lowest BCUT2D eigenvalue weighted by atomic mass is 10.0. The molecule has 0 bridgehead atoms. The molecule has 0 aliphatic carbocycles. The molecule has 0 N–H and O–H groups in total. The molecule has 0 aliphatic heterocycles. The molecule has 0 aromatic heterocycles. The van der Waals surface area contributed by atoms with Gasteiger partial charge in [0.25, 0.3) is 0 Å². The standard InChI is InChI=1S/C7H16.C6H14/c1-4-6-7(3)5-2;1-5(2)6(3)4/h7H,4-6H2,1-3H3;5-6H,1-4H3. The topological polar surface area (TPSA) is 0 Å². The normalized spacial score (nSPS) is 12.7. The second-order valence-corrected chi connectivity index (χ2v) is 4.79. The van der Waals surface area contributed by atoms with E-state index < -0.39 is 0 Å². The first-order chi connectivity index (χ1) is 5.95. The molecule has 1 atom stereocenters. The molecule has 0 saturated heterocycles. The van der Waals surface area contributed by atoms with Gasteiger partial charge in [0, 0.05) is 0 Å². The molecule has 0 heteroatoms. The zero-order chi connectivity index (χ0) is 10.9. The van der Waals surface area contributed by atoms with Gasteiger partial charge in [0.15, 0.2) is 0 Å². The lowest BCUT2D eigenvalue weighted by Gasteiger charge is -2.05. The van der Waals surface area contributed by atoms with Gasteiger partial charge in [-0.15, -0.1) is 0 Å². The maximum Gasteiger partial charge on any atom is -0.0446 e. The largest absolute Gasteiger partial charge is 0.0654 e. The molecule has 13 heavy (non-hydrogen) atoms. The van der Waals surface area contributed by atoms with Crippen molar-refractivity contribution in [3.63, 3.8) is 0 Å². The molecule has 0 spiro atoms. The van der Waals surface area contributed by atoms with Crippen molar-refractivity contribution in [3.05, 3.63) is 0 Å². The Labute approximate surface area is 86.1 Å². The molecule has 1 unspecified atom stereocenters. The highest BCUT2D eigenvalue weighted by atomic mass is 14.0. The van der Waals surface area contributed by atoms with E-state index >= 15 is 0 Å². The maximum absolute atomic E-state index is 2.31. The van der Waals surface area contributed by atoms with Crippen LogP contribution in [0.4, 0.5) is 0 Å². The third-order valence-corrected chi connectivity index (χ3v) is 2.81. The van der Waals surface area contributed by atoms with Crippen molar-refractivity contribution in [2.24, 2.45) is 17.8 Å². The van der Waals surface area contributed by atoms with Crippen LogP contribution < -0.4 is 0 Å². The number of hydrogen-bond acceptors (Lipinski definition) is 0. The molecular formula is C13H30. The Bertz CT molecular complexity index is 76.0. The summed E-state index contributed by atoms with van der Waals surface area (Å²) in [6.07, 6.45) is 4.08. The SMILES string of the molecule is CC(C)C(C)C.CCCC(C)CC. The van der Waals surface area contributed by atoms with Crippen LogP contribution in [0.3, 0.4) is 0 Å². The second-order valence-electron chi connectivity index (χ2n) is 4.79. The summed E-state index contributed by atoms with van der Waals surface area (Å²) < 4.78 is 0. The minimum absolute atomic E-state index is 0.852. The Morgan fingerprint density at radius 1 is 0.769 bits per heavy atom. The van der Waals surface area contributed by atoms with E-state index in [1.807, 2.05) is 0 Å². The molecular weight excluding hydrogens is 156 g/mol. The lowest BCUT2D eigenvalue weighted by molar-refractivity contribution is 0.457. The van der Waals surface area contributed by atoms with Gasteiger partial charge in [0.1, 0.15) is 0 Å². The number of hydrogen-bond donors (Lipinski definition) is 0. The van der Waals surface area contributed by atoms with Crippen molar-refractivity contribution in [1.29, 1.82) is 0 Å². The Morgan fingerprint density at radius 2 is 1.15 bits per heavy atom. The lowest BCUT2D eigenvalue weighted by Crippen LogP contribution is -1.95. The van der Waals surface area contributed by atoms with Crippen molar-refractivity contribution in [3.8, 4) is 0 Å².